The molecule has 134 valence electrons. The van der Waals surface area contributed by atoms with Crippen molar-refractivity contribution in [1.82, 2.24) is 19.7 Å². The summed E-state index contributed by atoms with van der Waals surface area (Å²) < 4.78 is 7.38. The second-order valence-corrected chi connectivity index (χ2v) is 7.12. The Morgan fingerprint density at radius 1 is 1.32 bits per heavy atom. The third-order valence-electron chi connectivity index (χ3n) is 4.13. The summed E-state index contributed by atoms with van der Waals surface area (Å²) in [4.78, 5) is 18.8. The molecule has 2 aromatic rings. The van der Waals surface area contributed by atoms with Gasteiger partial charge in [-0.2, -0.15) is 5.10 Å². The predicted molar refractivity (Wildman–Crippen MR) is 97.5 cm³/mol. The van der Waals surface area contributed by atoms with Gasteiger partial charge in [-0.05, 0) is 58.5 Å². The van der Waals surface area contributed by atoms with Gasteiger partial charge in [0.05, 0.1) is 11.9 Å². The predicted octanol–water partition coefficient (Wildman–Crippen LogP) is 2.09. The molecular formula is C18H25N5O2. The lowest BCUT2D eigenvalue weighted by Gasteiger charge is -2.38. The van der Waals surface area contributed by atoms with E-state index in [4.69, 9.17) is 4.74 Å². The van der Waals surface area contributed by atoms with Crippen molar-refractivity contribution in [2.75, 3.05) is 25.0 Å². The van der Waals surface area contributed by atoms with Crippen LogP contribution in [-0.4, -0.2) is 44.9 Å². The third-order valence-corrected chi connectivity index (χ3v) is 4.13. The first-order valence-corrected chi connectivity index (χ1v) is 8.52. The number of ether oxygens (including phenoxy) is 1. The fourth-order valence-electron chi connectivity index (χ4n) is 2.93. The lowest BCUT2D eigenvalue weighted by molar-refractivity contribution is 0.0350. The molecule has 0 saturated carbocycles. The highest BCUT2D eigenvalue weighted by Crippen LogP contribution is 2.22. The van der Waals surface area contributed by atoms with E-state index < -0.39 is 0 Å². The molecule has 1 fully saturated rings. The van der Waals surface area contributed by atoms with Crippen LogP contribution in [0.1, 0.15) is 26.0 Å². The number of likely N-dealkylation sites (tertiary alicyclic amines) is 1. The molecule has 0 bridgehead atoms. The lowest BCUT2D eigenvalue weighted by Crippen LogP contribution is -2.48. The zero-order valence-corrected chi connectivity index (χ0v) is 15.2. The van der Waals surface area contributed by atoms with Crippen LogP contribution >= 0.6 is 0 Å². The van der Waals surface area contributed by atoms with Gasteiger partial charge in [0.25, 0.3) is 5.56 Å². The first kappa shape index (κ1) is 17.4. The average Bonchev–Trinajstić information content (AvgIpc) is 2.50. The van der Waals surface area contributed by atoms with E-state index in [1.54, 1.807) is 19.3 Å². The molecule has 1 N–H and O–H groups in total. The van der Waals surface area contributed by atoms with Crippen LogP contribution in [-0.2, 0) is 7.05 Å². The Bertz CT molecular complexity index is 794. The standard InChI is InChI=1S/C18H25N5O2/c1-13-10-15(17(24)22(4)21-13)20-16-7-6-14(11-19-16)25-18(2,3)12-23-8-5-9-23/h6-7,10-11H,5,8-9,12H2,1-4H3,(H,19,20). The van der Waals surface area contributed by atoms with E-state index in [0.29, 0.717) is 11.5 Å². The number of hydrogen-bond donors (Lipinski definition) is 1. The monoisotopic (exact) mass is 343 g/mol. The van der Waals surface area contributed by atoms with Gasteiger partial charge in [0.2, 0.25) is 0 Å². The van der Waals surface area contributed by atoms with Crippen molar-refractivity contribution in [2.45, 2.75) is 32.8 Å². The average molecular weight is 343 g/mol. The number of hydrogen-bond acceptors (Lipinski definition) is 6. The first-order valence-electron chi connectivity index (χ1n) is 8.52. The number of anilines is 2. The van der Waals surface area contributed by atoms with Crippen molar-refractivity contribution in [2.24, 2.45) is 7.05 Å². The molecule has 0 radical (unpaired) electrons. The van der Waals surface area contributed by atoms with Crippen molar-refractivity contribution < 1.29 is 4.74 Å². The topological polar surface area (TPSA) is 72.3 Å². The SMILES string of the molecule is Cc1cc(Nc2ccc(OC(C)(C)CN3CCC3)cn2)c(=O)n(C)n1. The smallest absolute Gasteiger partial charge is 0.290 e. The number of nitrogens with zero attached hydrogens (tertiary/aromatic N) is 4. The van der Waals surface area contributed by atoms with E-state index >= 15 is 0 Å². The van der Waals surface area contributed by atoms with E-state index in [0.717, 1.165) is 31.1 Å². The Kier molecular flexibility index (Phi) is 4.76. The normalized spacial score (nSPS) is 14.9. The van der Waals surface area contributed by atoms with Crippen LogP contribution in [0, 0.1) is 6.92 Å². The molecule has 0 unspecified atom stereocenters. The van der Waals surface area contributed by atoms with Gasteiger partial charge in [-0.3, -0.25) is 9.69 Å². The highest BCUT2D eigenvalue weighted by atomic mass is 16.5. The van der Waals surface area contributed by atoms with Crippen LogP contribution in [0.15, 0.2) is 29.2 Å². The molecule has 1 aliphatic heterocycles. The summed E-state index contributed by atoms with van der Waals surface area (Å²) in [5.41, 5.74) is 0.754. The van der Waals surface area contributed by atoms with Gasteiger partial charge in [-0.25, -0.2) is 9.67 Å². The molecule has 2 aromatic heterocycles. The van der Waals surface area contributed by atoms with Gasteiger partial charge in [0.1, 0.15) is 22.9 Å². The van der Waals surface area contributed by atoms with Crippen LogP contribution in [0.3, 0.4) is 0 Å². The highest BCUT2D eigenvalue weighted by Gasteiger charge is 2.26. The van der Waals surface area contributed by atoms with Crippen molar-refractivity contribution >= 4 is 11.5 Å². The van der Waals surface area contributed by atoms with Crippen LogP contribution in [0.4, 0.5) is 11.5 Å². The quantitative estimate of drug-likeness (QED) is 0.866. The van der Waals surface area contributed by atoms with E-state index in [2.05, 4.69) is 34.1 Å². The lowest BCUT2D eigenvalue weighted by atomic mass is 10.1. The maximum atomic E-state index is 12.1. The third kappa shape index (κ3) is 4.36. The summed E-state index contributed by atoms with van der Waals surface area (Å²) in [6.45, 7) is 9.21. The maximum absolute atomic E-state index is 12.1. The Balaban J connectivity index is 1.67. The van der Waals surface area contributed by atoms with Crippen LogP contribution in [0.25, 0.3) is 0 Å². The van der Waals surface area contributed by atoms with Gasteiger partial charge in [-0.15, -0.1) is 0 Å². The number of nitrogens with one attached hydrogen (secondary N) is 1. The Hall–Kier alpha value is -2.41. The summed E-state index contributed by atoms with van der Waals surface area (Å²) in [7, 11) is 1.63. The molecule has 0 aliphatic carbocycles. The van der Waals surface area contributed by atoms with Crippen LogP contribution < -0.4 is 15.6 Å². The zero-order valence-electron chi connectivity index (χ0n) is 15.2. The van der Waals surface area contributed by atoms with Gasteiger partial charge in [-0.1, -0.05) is 0 Å². The molecule has 1 aliphatic rings. The number of rotatable bonds is 6. The van der Waals surface area contributed by atoms with E-state index in [1.807, 2.05) is 19.1 Å². The first-order chi connectivity index (χ1) is 11.8. The molecule has 7 heteroatoms. The number of aryl methyl sites for hydroxylation is 2. The largest absolute Gasteiger partial charge is 0.485 e. The second kappa shape index (κ2) is 6.84. The van der Waals surface area contributed by atoms with Crippen molar-refractivity contribution in [3.63, 3.8) is 0 Å². The summed E-state index contributed by atoms with van der Waals surface area (Å²) in [5, 5.41) is 7.13. The van der Waals surface area contributed by atoms with Crippen molar-refractivity contribution in [3.8, 4) is 5.75 Å². The molecule has 0 spiro atoms. The Morgan fingerprint density at radius 3 is 2.68 bits per heavy atom. The molecule has 3 rings (SSSR count). The highest BCUT2D eigenvalue weighted by molar-refractivity contribution is 5.55. The molecule has 25 heavy (non-hydrogen) atoms. The van der Waals surface area contributed by atoms with Crippen LogP contribution in [0.2, 0.25) is 0 Å². The van der Waals surface area contributed by atoms with E-state index in [-0.39, 0.29) is 11.2 Å². The minimum atomic E-state index is -0.269. The van der Waals surface area contributed by atoms with Gasteiger partial charge in [0, 0.05) is 13.6 Å². The summed E-state index contributed by atoms with van der Waals surface area (Å²) in [6, 6.07) is 5.39. The molecular weight excluding hydrogens is 318 g/mol. The molecule has 0 aromatic carbocycles. The molecule has 3 heterocycles. The van der Waals surface area contributed by atoms with Crippen molar-refractivity contribution in [1.29, 1.82) is 0 Å². The molecule has 0 amide bonds. The summed E-state index contributed by atoms with van der Waals surface area (Å²) in [6.07, 6.45) is 2.95. The molecule has 0 atom stereocenters. The molecule has 7 nitrogen and oxygen atoms in total. The minimum Gasteiger partial charge on any atom is -0.485 e. The Morgan fingerprint density at radius 2 is 2.08 bits per heavy atom. The summed E-state index contributed by atoms with van der Waals surface area (Å²) in [5.74, 6) is 1.31. The van der Waals surface area contributed by atoms with Crippen molar-refractivity contribution in [3.05, 3.63) is 40.4 Å². The van der Waals surface area contributed by atoms with Gasteiger partial charge < -0.3 is 10.1 Å². The van der Waals surface area contributed by atoms with Gasteiger partial charge >= 0.3 is 0 Å². The molecule has 1 saturated heterocycles. The van der Waals surface area contributed by atoms with E-state index in [1.165, 1.54) is 11.1 Å². The number of pyridine rings is 1. The maximum Gasteiger partial charge on any atom is 0.290 e. The van der Waals surface area contributed by atoms with E-state index in [9.17, 15) is 4.79 Å². The summed E-state index contributed by atoms with van der Waals surface area (Å²) >= 11 is 0. The Labute approximate surface area is 147 Å². The number of aromatic nitrogens is 3. The van der Waals surface area contributed by atoms with Crippen LogP contribution in [0.5, 0.6) is 5.75 Å². The van der Waals surface area contributed by atoms with Gasteiger partial charge in [0.15, 0.2) is 0 Å². The second-order valence-electron chi connectivity index (χ2n) is 7.12. The minimum absolute atomic E-state index is 0.191. The zero-order chi connectivity index (χ0) is 18.0. The fraction of sp³-hybridized carbons (Fsp3) is 0.500. The fourth-order valence-corrected chi connectivity index (χ4v) is 2.93.